The molecule has 0 saturated carbocycles. The molecular weight excluding hydrogens is 376 g/mol. The summed E-state index contributed by atoms with van der Waals surface area (Å²) in [5.74, 6) is 0.135. The first-order valence-corrected chi connectivity index (χ1v) is 9.00. The molecule has 1 aliphatic rings. The van der Waals surface area contributed by atoms with Crippen LogP contribution in [0.15, 0.2) is 72.5 Å². The van der Waals surface area contributed by atoms with Gasteiger partial charge in [-0.15, -0.1) is 0 Å². The third-order valence-corrected chi connectivity index (χ3v) is 4.52. The minimum Gasteiger partial charge on any atom is -0.452 e. The molecule has 28 heavy (non-hydrogen) atoms. The Labute approximate surface area is 167 Å². The van der Waals surface area contributed by atoms with Gasteiger partial charge in [0.2, 0.25) is 5.78 Å². The lowest BCUT2D eigenvalue weighted by molar-refractivity contribution is 0.0734. The van der Waals surface area contributed by atoms with E-state index in [9.17, 15) is 9.59 Å². The lowest BCUT2D eigenvalue weighted by atomic mass is 10.1. The van der Waals surface area contributed by atoms with Gasteiger partial charge >= 0.3 is 5.97 Å². The number of carbonyl (C=O) groups is 2. The predicted octanol–water partition coefficient (Wildman–Crippen LogP) is 5.48. The van der Waals surface area contributed by atoms with E-state index in [0.29, 0.717) is 21.9 Å². The van der Waals surface area contributed by atoms with Crippen LogP contribution in [0.4, 0.5) is 0 Å². The second-order valence-corrected chi connectivity index (χ2v) is 6.84. The Morgan fingerprint density at radius 3 is 2.57 bits per heavy atom. The van der Waals surface area contributed by atoms with Gasteiger partial charge in [0.1, 0.15) is 11.5 Å². The van der Waals surface area contributed by atoms with Crippen molar-refractivity contribution >= 4 is 29.4 Å². The highest BCUT2D eigenvalue weighted by molar-refractivity contribution is 6.30. The number of fused-ring (bicyclic) bond motifs is 1. The number of esters is 1. The summed E-state index contributed by atoms with van der Waals surface area (Å²) in [4.78, 5) is 24.8. The first-order valence-electron chi connectivity index (χ1n) is 8.62. The molecule has 4 nitrogen and oxygen atoms in total. The molecule has 3 aromatic carbocycles. The highest BCUT2D eigenvalue weighted by Gasteiger charge is 2.28. The van der Waals surface area contributed by atoms with Crippen molar-refractivity contribution in [3.63, 3.8) is 0 Å². The van der Waals surface area contributed by atoms with Crippen LogP contribution in [-0.2, 0) is 0 Å². The van der Waals surface area contributed by atoms with E-state index in [1.807, 2.05) is 31.2 Å². The fourth-order valence-electron chi connectivity index (χ4n) is 2.83. The Morgan fingerprint density at radius 2 is 1.82 bits per heavy atom. The van der Waals surface area contributed by atoms with Crippen molar-refractivity contribution in [2.45, 2.75) is 6.92 Å². The van der Waals surface area contributed by atoms with Crippen LogP contribution in [0.3, 0.4) is 0 Å². The van der Waals surface area contributed by atoms with Gasteiger partial charge in [-0.1, -0.05) is 47.5 Å². The molecule has 3 aromatic rings. The molecule has 0 unspecified atom stereocenters. The van der Waals surface area contributed by atoms with E-state index in [2.05, 4.69) is 0 Å². The fraction of sp³-hybridized carbons (Fsp3) is 0.0435. The zero-order valence-electron chi connectivity index (χ0n) is 14.9. The van der Waals surface area contributed by atoms with Crippen LogP contribution in [0.1, 0.15) is 31.8 Å². The molecule has 0 radical (unpaired) electrons. The van der Waals surface area contributed by atoms with Gasteiger partial charge in [-0.3, -0.25) is 4.79 Å². The van der Waals surface area contributed by atoms with Gasteiger partial charge in [0.05, 0.1) is 11.1 Å². The van der Waals surface area contributed by atoms with E-state index in [4.69, 9.17) is 21.1 Å². The van der Waals surface area contributed by atoms with Crippen molar-refractivity contribution in [3.8, 4) is 11.5 Å². The van der Waals surface area contributed by atoms with Crippen LogP contribution in [0.5, 0.6) is 11.5 Å². The number of rotatable bonds is 3. The number of benzene rings is 3. The van der Waals surface area contributed by atoms with Crippen LogP contribution in [0, 0.1) is 6.92 Å². The molecule has 4 rings (SSSR count). The van der Waals surface area contributed by atoms with Crippen molar-refractivity contribution in [1.82, 2.24) is 0 Å². The summed E-state index contributed by atoms with van der Waals surface area (Å²) >= 11 is 5.90. The maximum atomic E-state index is 12.5. The van der Waals surface area contributed by atoms with E-state index < -0.39 is 5.97 Å². The molecule has 1 heterocycles. The molecule has 0 amide bonds. The second-order valence-electron chi connectivity index (χ2n) is 6.41. The summed E-state index contributed by atoms with van der Waals surface area (Å²) in [5.41, 5.74) is 2.77. The minimum atomic E-state index is -0.540. The summed E-state index contributed by atoms with van der Waals surface area (Å²) in [6.45, 7) is 2.00. The maximum Gasteiger partial charge on any atom is 0.343 e. The molecule has 0 N–H and O–H groups in total. The lowest BCUT2D eigenvalue weighted by Gasteiger charge is -2.06. The molecule has 138 valence electrons. The quantitative estimate of drug-likeness (QED) is 0.337. The molecule has 0 aromatic heterocycles. The van der Waals surface area contributed by atoms with Crippen molar-refractivity contribution in [3.05, 3.63) is 99.8 Å². The Hall–Kier alpha value is -3.37. The van der Waals surface area contributed by atoms with Gasteiger partial charge in [0.25, 0.3) is 0 Å². The number of aryl methyl sites for hydroxylation is 1. The van der Waals surface area contributed by atoms with Gasteiger partial charge in [0, 0.05) is 11.1 Å². The Balaban J connectivity index is 1.55. The fourth-order valence-corrected chi connectivity index (χ4v) is 3.02. The van der Waals surface area contributed by atoms with Crippen LogP contribution >= 0.6 is 11.6 Å². The number of Topliss-reactive ketones (excluding diaryl/α,β-unsaturated/α-hetero) is 1. The van der Waals surface area contributed by atoms with Gasteiger partial charge in [-0.2, -0.15) is 0 Å². The number of hydrogen-bond donors (Lipinski definition) is 0. The SMILES string of the molecule is Cc1ccc(/C=C2\Oc3cc(OC(=O)c4cccc(Cl)c4)ccc3C2=O)cc1. The van der Waals surface area contributed by atoms with Crippen molar-refractivity contribution in [1.29, 1.82) is 0 Å². The van der Waals surface area contributed by atoms with Crippen molar-refractivity contribution < 1.29 is 19.1 Å². The van der Waals surface area contributed by atoms with Crippen molar-refractivity contribution in [2.75, 3.05) is 0 Å². The highest BCUT2D eigenvalue weighted by atomic mass is 35.5. The van der Waals surface area contributed by atoms with Crippen LogP contribution in [0.2, 0.25) is 5.02 Å². The topological polar surface area (TPSA) is 52.6 Å². The zero-order chi connectivity index (χ0) is 19.7. The minimum absolute atomic E-state index is 0.205. The number of halogens is 1. The average molecular weight is 391 g/mol. The molecule has 0 fully saturated rings. The van der Waals surface area contributed by atoms with Gasteiger partial charge in [0.15, 0.2) is 5.76 Å². The summed E-state index contributed by atoms with van der Waals surface area (Å²) < 4.78 is 11.1. The first-order chi connectivity index (χ1) is 13.5. The lowest BCUT2D eigenvalue weighted by Crippen LogP contribution is -2.08. The van der Waals surface area contributed by atoms with E-state index in [-0.39, 0.29) is 17.3 Å². The van der Waals surface area contributed by atoms with Gasteiger partial charge in [-0.25, -0.2) is 4.79 Å². The summed E-state index contributed by atoms with van der Waals surface area (Å²) in [6, 6.07) is 18.9. The van der Waals surface area contributed by atoms with Crippen LogP contribution in [-0.4, -0.2) is 11.8 Å². The maximum absolute atomic E-state index is 12.5. The summed E-state index contributed by atoms with van der Waals surface area (Å²) in [6.07, 6.45) is 1.69. The molecule has 5 heteroatoms. The monoisotopic (exact) mass is 390 g/mol. The van der Waals surface area contributed by atoms with E-state index >= 15 is 0 Å². The third kappa shape index (κ3) is 3.68. The van der Waals surface area contributed by atoms with Crippen LogP contribution in [0.25, 0.3) is 6.08 Å². The molecule has 0 saturated heterocycles. The van der Waals surface area contributed by atoms with Gasteiger partial charge in [-0.05, 0) is 48.9 Å². The smallest absolute Gasteiger partial charge is 0.343 e. The normalized spacial score (nSPS) is 13.9. The zero-order valence-corrected chi connectivity index (χ0v) is 15.7. The standard InChI is InChI=1S/C23H15ClO4/c1-14-5-7-15(8-6-14)11-21-22(25)19-10-9-18(13-20(19)28-21)27-23(26)16-3-2-4-17(24)12-16/h2-13H,1H3/b21-11-. The Kier molecular flexibility index (Phi) is 4.72. The van der Waals surface area contributed by atoms with E-state index in [1.54, 1.807) is 36.4 Å². The summed E-state index contributed by atoms with van der Waals surface area (Å²) in [5, 5.41) is 0.447. The average Bonchev–Trinajstić information content (AvgIpc) is 2.98. The van der Waals surface area contributed by atoms with E-state index in [0.717, 1.165) is 11.1 Å². The molecular formula is C23H15ClO4. The van der Waals surface area contributed by atoms with Crippen molar-refractivity contribution in [2.24, 2.45) is 0 Å². The number of allylic oxidation sites excluding steroid dienone is 1. The third-order valence-electron chi connectivity index (χ3n) is 4.29. The molecule has 0 spiro atoms. The first kappa shape index (κ1) is 18.0. The van der Waals surface area contributed by atoms with Crippen LogP contribution < -0.4 is 9.47 Å². The highest BCUT2D eigenvalue weighted by Crippen LogP contribution is 2.35. The Morgan fingerprint density at radius 1 is 1.04 bits per heavy atom. The number of hydrogen-bond acceptors (Lipinski definition) is 4. The number of ketones is 1. The molecule has 1 aliphatic heterocycles. The molecule has 0 atom stereocenters. The predicted molar refractivity (Wildman–Crippen MR) is 107 cm³/mol. The molecule has 0 bridgehead atoms. The van der Waals surface area contributed by atoms with E-state index in [1.165, 1.54) is 12.1 Å². The number of carbonyl (C=O) groups excluding carboxylic acids is 2. The molecule has 0 aliphatic carbocycles. The summed E-state index contributed by atoms with van der Waals surface area (Å²) in [7, 11) is 0. The number of ether oxygens (including phenoxy) is 2. The van der Waals surface area contributed by atoms with Gasteiger partial charge < -0.3 is 9.47 Å². The second kappa shape index (κ2) is 7.33. The largest absolute Gasteiger partial charge is 0.452 e. The Bertz CT molecular complexity index is 1110.